The van der Waals surface area contributed by atoms with Crippen molar-refractivity contribution in [1.29, 1.82) is 0 Å². The minimum Gasteiger partial charge on any atom is -0.466 e. The Balaban J connectivity index is 2.39. The fourth-order valence-electron chi connectivity index (χ4n) is 1.37. The molecule has 0 aromatic heterocycles. The molecule has 1 aliphatic carbocycles. The van der Waals surface area contributed by atoms with Crippen LogP contribution in [0.3, 0.4) is 0 Å². The van der Waals surface area contributed by atoms with Crippen LogP contribution in [-0.2, 0) is 14.3 Å². The van der Waals surface area contributed by atoms with E-state index in [2.05, 4.69) is 4.74 Å². The molecular weight excluding hydrogens is 232 g/mol. The van der Waals surface area contributed by atoms with Gasteiger partial charge in [-0.25, -0.2) is 4.79 Å². The SMILES string of the molecule is COC(=O)/C=C/SC(=S)[C@@H]1CCCC1=O. The van der Waals surface area contributed by atoms with Crippen LogP contribution in [-0.4, -0.2) is 23.1 Å². The van der Waals surface area contributed by atoms with Gasteiger partial charge in [-0.1, -0.05) is 24.0 Å². The van der Waals surface area contributed by atoms with Crippen LogP contribution in [0.4, 0.5) is 0 Å². The van der Waals surface area contributed by atoms with Crippen LogP contribution in [0.25, 0.3) is 0 Å². The zero-order valence-corrected chi connectivity index (χ0v) is 10.0. The van der Waals surface area contributed by atoms with Gasteiger partial charge in [-0.15, -0.1) is 0 Å². The second kappa shape index (κ2) is 6.02. The third kappa shape index (κ3) is 3.76. The summed E-state index contributed by atoms with van der Waals surface area (Å²) in [6.45, 7) is 0. The summed E-state index contributed by atoms with van der Waals surface area (Å²) in [5, 5.41) is 1.57. The monoisotopic (exact) mass is 244 g/mol. The molecule has 0 amide bonds. The summed E-state index contributed by atoms with van der Waals surface area (Å²) in [6.07, 6.45) is 3.70. The van der Waals surface area contributed by atoms with Gasteiger partial charge in [0.15, 0.2) is 0 Å². The third-order valence-corrected chi connectivity index (χ3v) is 3.54. The second-order valence-corrected chi connectivity index (χ2v) is 4.82. The van der Waals surface area contributed by atoms with Crippen LogP contribution >= 0.6 is 24.0 Å². The van der Waals surface area contributed by atoms with Crippen molar-refractivity contribution < 1.29 is 14.3 Å². The molecule has 0 spiro atoms. The number of thioether (sulfide) groups is 1. The fraction of sp³-hybridized carbons (Fsp3) is 0.500. The predicted molar refractivity (Wildman–Crippen MR) is 63.7 cm³/mol. The van der Waals surface area contributed by atoms with Crippen LogP contribution in [0.15, 0.2) is 11.5 Å². The van der Waals surface area contributed by atoms with Gasteiger partial charge in [0.05, 0.1) is 17.2 Å². The van der Waals surface area contributed by atoms with E-state index in [0.29, 0.717) is 10.6 Å². The van der Waals surface area contributed by atoms with Gasteiger partial charge in [0.2, 0.25) is 0 Å². The lowest BCUT2D eigenvalue weighted by molar-refractivity contribution is -0.134. The quantitative estimate of drug-likeness (QED) is 0.432. The number of ketones is 1. The highest BCUT2D eigenvalue weighted by Crippen LogP contribution is 2.27. The molecule has 0 aromatic carbocycles. The van der Waals surface area contributed by atoms with Gasteiger partial charge < -0.3 is 4.74 Å². The van der Waals surface area contributed by atoms with Gasteiger partial charge in [0.1, 0.15) is 5.78 Å². The molecule has 0 radical (unpaired) electrons. The molecule has 0 unspecified atom stereocenters. The first kappa shape index (κ1) is 12.4. The van der Waals surface area contributed by atoms with Crippen molar-refractivity contribution >= 4 is 39.9 Å². The zero-order chi connectivity index (χ0) is 11.3. The number of rotatable bonds is 3. The molecule has 0 saturated heterocycles. The Morgan fingerprint density at radius 1 is 1.67 bits per heavy atom. The molecule has 0 bridgehead atoms. The number of carbonyl (C=O) groups is 2. The molecule has 0 aliphatic heterocycles. The summed E-state index contributed by atoms with van der Waals surface area (Å²) in [6, 6.07) is 0. The number of esters is 1. The number of hydrogen-bond acceptors (Lipinski definition) is 5. The normalized spacial score (nSPS) is 20.9. The first-order valence-corrected chi connectivity index (χ1v) is 5.91. The smallest absolute Gasteiger partial charge is 0.330 e. The van der Waals surface area contributed by atoms with Crippen LogP contribution in [0.2, 0.25) is 0 Å². The Hall–Kier alpha value is -0.680. The maximum Gasteiger partial charge on any atom is 0.330 e. The molecule has 1 atom stereocenters. The summed E-state index contributed by atoms with van der Waals surface area (Å²) < 4.78 is 5.08. The van der Waals surface area contributed by atoms with Crippen LogP contribution < -0.4 is 0 Å². The first-order chi connectivity index (χ1) is 7.15. The van der Waals surface area contributed by atoms with Crippen LogP contribution in [0.5, 0.6) is 0 Å². The van der Waals surface area contributed by atoms with Crippen molar-refractivity contribution in [2.24, 2.45) is 5.92 Å². The Kier molecular flexibility index (Phi) is 4.98. The number of Topliss-reactive ketones (excluding diaryl/α,β-unsaturated/α-hetero) is 1. The average molecular weight is 244 g/mol. The molecule has 0 aromatic rings. The van der Waals surface area contributed by atoms with E-state index < -0.39 is 5.97 Å². The number of ether oxygens (including phenoxy) is 1. The number of methoxy groups -OCH3 is 1. The molecule has 3 nitrogen and oxygen atoms in total. The van der Waals surface area contributed by atoms with Crippen molar-refractivity contribution in [3.8, 4) is 0 Å². The van der Waals surface area contributed by atoms with Crippen molar-refractivity contribution in [3.05, 3.63) is 11.5 Å². The van der Waals surface area contributed by atoms with Crippen LogP contribution in [0.1, 0.15) is 19.3 Å². The Morgan fingerprint density at radius 3 is 2.93 bits per heavy atom. The topological polar surface area (TPSA) is 43.4 Å². The molecule has 1 saturated carbocycles. The fourth-order valence-corrected chi connectivity index (χ4v) is 2.51. The minimum absolute atomic E-state index is 0.104. The lowest BCUT2D eigenvalue weighted by atomic mass is 10.1. The Bertz CT molecular complexity index is 310. The van der Waals surface area contributed by atoms with Gasteiger partial charge in [0.25, 0.3) is 0 Å². The molecule has 1 aliphatic rings. The predicted octanol–water partition coefficient (Wildman–Crippen LogP) is 2.10. The van der Waals surface area contributed by atoms with Crippen molar-refractivity contribution in [2.45, 2.75) is 19.3 Å². The van der Waals surface area contributed by atoms with Gasteiger partial charge in [0, 0.05) is 12.5 Å². The van der Waals surface area contributed by atoms with Gasteiger partial charge in [-0.05, 0) is 18.2 Å². The maximum absolute atomic E-state index is 11.4. The summed E-state index contributed by atoms with van der Waals surface area (Å²) in [7, 11) is 1.32. The van der Waals surface area contributed by atoms with Gasteiger partial charge in [-0.3, -0.25) is 4.79 Å². The zero-order valence-electron chi connectivity index (χ0n) is 8.39. The highest BCUT2D eigenvalue weighted by Gasteiger charge is 2.27. The van der Waals surface area contributed by atoms with Crippen molar-refractivity contribution in [3.63, 3.8) is 0 Å². The summed E-state index contributed by atoms with van der Waals surface area (Å²) >= 11 is 6.37. The molecule has 15 heavy (non-hydrogen) atoms. The van der Waals surface area contributed by atoms with E-state index in [1.807, 2.05) is 0 Å². The molecule has 0 heterocycles. The van der Waals surface area contributed by atoms with E-state index in [1.165, 1.54) is 24.9 Å². The van der Waals surface area contributed by atoms with Crippen LogP contribution in [0, 0.1) is 5.92 Å². The third-order valence-electron chi connectivity index (χ3n) is 2.18. The molecule has 1 fully saturated rings. The number of carbonyl (C=O) groups excluding carboxylic acids is 2. The maximum atomic E-state index is 11.4. The van der Waals surface area contributed by atoms with E-state index in [-0.39, 0.29) is 11.7 Å². The molecular formula is C10H12O3S2. The molecule has 1 rings (SSSR count). The highest BCUT2D eigenvalue weighted by atomic mass is 32.2. The average Bonchev–Trinajstić information content (AvgIpc) is 2.64. The highest BCUT2D eigenvalue weighted by molar-refractivity contribution is 8.25. The lowest BCUT2D eigenvalue weighted by Gasteiger charge is -2.05. The number of hydrogen-bond donors (Lipinski definition) is 0. The molecule has 0 N–H and O–H groups in total. The van der Waals surface area contributed by atoms with Gasteiger partial charge >= 0.3 is 5.97 Å². The Morgan fingerprint density at radius 2 is 2.40 bits per heavy atom. The summed E-state index contributed by atoms with van der Waals surface area (Å²) in [5.41, 5.74) is 0. The standard InChI is InChI=1S/C10H12O3S2/c1-13-9(12)5-6-15-10(14)7-3-2-4-8(7)11/h5-7H,2-4H2,1H3/b6-5+/t7-/m1/s1. The van der Waals surface area contributed by atoms with E-state index >= 15 is 0 Å². The van der Waals surface area contributed by atoms with E-state index in [1.54, 1.807) is 5.41 Å². The van der Waals surface area contributed by atoms with Crippen molar-refractivity contribution in [1.82, 2.24) is 0 Å². The summed E-state index contributed by atoms with van der Waals surface area (Å²) in [4.78, 5) is 22.1. The second-order valence-electron chi connectivity index (χ2n) is 3.17. The van der Waals surface area contributed by atoms with E-state index in [4.69, 9.17) is 12.2 Å². The summed E-state index contributed by atoms with van der Waals surface area (Å²) in [5.74, 6) is -0.297. The number of thiocarbonyl (C=S) groups is 1. The molecule has 82 valence electrons. The molecule has 5 heteroatoms. The first-order valence-electron chi connectivity index (χ1n) is 4.63. The minimum atomic E-state index is -0.414. The van der Waals surface area contributed by atoms with Gasteiger partial charge in [-0.2, -0.15) is 0 Å². The van der Waals surface area contributed by atoms with E-state index in [9.17, 15) is 9.59 Å². The Labute approximate surface area is 98.2 Å². The lowest BCUT2D eigenvalue weighted by Crippen LogP contribution is -2.13. The largest absolute Gasteiger partial charge is 0.466 e. The van der Waals surface area contributed by atoms with E-state index in [0.717, 1.165) is 12.8 Å². The van der Waals surface area contributed by atoms with Crippen molar-refractivity contribution in [2.75, 3.05) is 7.11 Å².